The first-order valence-corrected chi connectivity index (χ1v) is 13.3. The second kappa shape index (κ2) is 14.9. The van der Waals surface area contributed by atoms with Gasteiger partial charge in [-0.2, -0.15) is 0 Å². The van der Waals surface area contributed by atoms with Crippen LogP contribution in [0.4, 0.5) is 0 Å². The number of aliphatic carboxylic acids is 1. The van der Waals surface area contributed by atoms with Crippen molar-refractivity contribution in [2.45, 2.75) is 51.0 Å². The Bertz CT molecular complexity index is 1120. The van der Waals surface area contributed by atoms with Crippen LogP contribution in [0.1, 0.15) is 48.8 Å². The van der Waals surface area contributed by atoms with Gasteiger partial charge in [0.2, 0.25) is 5.91 Å². The Kier molecular flexibility index (Phi) is 11.3. The maximum Gasteiger partial charge on any atom is 0.307 e. The first-order chi connectivity index (χ1) is 17.9. The van der Waals surface area contributed by atoms with E-state index in [1.54, 1.807) is 0 Å². The van der Waals surface area contributed by atoms with Crippen molar-refractivity contribution in [2.75, 3.05) is 6.54 Å². The fourth-order valence-electron chi connectivity index (χ4n) is 4.42. The van der Waals surface area contributed by atoms with Crippen LogP contribution in [0.5, 0.6) is 0 Å². The molecule has 0 bridgehead atoms. The molecule has 0 aliphatic heterocycles. The maximum atomic E-state index is 13.0. The van der Waals surface area contributed by atoms with Crippen molar-refractivity contribution < 1.29 is 14.7 Å². The van der Waals surface area contributed by atoms with Crippen LogP contribution in [0.25, 0.3) is 0 Å². The Balaban J connectivity index is 1.59. The molecule has 1 amide bonds. The average molecular weight is 517 g/mol. The van der Waals surface area contributed by atoms with Crippen LogP contribution in [0, 0.1) is 5.92 Å². The summed E-state index contributed by atoms with van der Waals surface area (Å²) in [6, 6.07) is 29.5. The molecule has 194 valence electrons. The quantitative estimate of drug-likeness (QED) is 0.193. The monoisotopic (exact) mass is 516 g/mol. The van der Waals surface area contributed by atoms with Gasteiger partial charge in [0.25, 0.3) is 0 Å². The van der Waals surface area contributed by atoms with Crippen LogP contribution in [-0.4, -0.2) is 34.6 Å². The van der Waals surface area contributed by atoms with E-state index in [1.165, 1.54) is 5.56 Å². The van der Waals surface area contributed by atoms with Crippen molar-refractivity contribution in [3.63, 3.8) is 0 Å². The van der Waals surface area contributed by atoms with Crippen molar-refractivity contribution in [1.82, 2.24) is 10.6 Å². The van der Waals surface area contributed by atoms with E-state index in [0.717, 1.165) is 24.0 Å². The van der Waals surface area contributed by atoms with Crippen LogP contribution < -0.4 is 10.6 Å². The number of aryl methyl sites for hydroxylation is 1. The fourth-order valence-corrected chi connectivity index (χ4v) is 4.67. The van der Waals surface area contributed by atoms with E-state index in [4.69, 9.17) is 12.2 Å². The molecule has 0 heterocycles. The highest BCUT2D eigenvalue weighted by atomic mass is 32.1. The Morgan fingerprint density at radius 2 is 1.43 bits per heavy atom. The van der Waals surface area contributed by atoms with E-state index in [2.05, 4.69) is 22.8 Å². The van der Waals surface area contributed by atoms with Gasteiger partial charge in [-0.3, -0.25) is 9.59 Å². The predicted molar refractivity (Wildman–Crippen MR) is 153 cm³/mol. The summed E-state index contributed by atoms with van der Waals surface area (Å²) < 4.78 is 0. The summed E-state index contributed by atoms with van der Waals surface area (Å²) in [5.41, 5.74) is 3.39. The molecule has 0 aliphatic carbocycles. The molecule has 3 rings (SSSR count). The minimum atomic E-state index is -0.959. The van der Waals surface area contributed by atoms with Crippen LogP contribution in [0.3, 0.4) is 0 Å². The lowest BCUT2D eigenvalue weighted by molar-refractivity contribution is -0.144. The minimum absolute atomic E-state index is 0.0302. The van der Waals surface area contributed by atoms with Crippen LogP contribution >= 0.6 is 12.2 Å². The molecule has 3 aromatic rings. The highest BCUT2D eigenvalue weighted by molar-refractivity contribution is 7.80. The summed E-state index contributed by atoms with van der Waals surface area (Å²) in [5, 5.41) is 16.1. The molecule has 0 radical (unpaired) electrons. The Labute approximate surface area is 225 Å². The van der Waals surface area contributed by atoms with E-state index in [0.29, 0.717) is 24.4 Å². The number of carboxylic acids is 1. The van der Waals surface area contributed by atoms with Gasteiger partial charge in [0.1, 0.15) is 0 Å². The van der Waals surface area contributed by atoms with Gasteiger partial charge in [-0.05, 0) is 48.3 Å². The number of carboxylic acid groups (broad SMARTS) is 1. The first kappa shape index (κ1) is 28.1. The molecule has 6 heteroatoms. The lowest BCUT2D eigenvalue weighted by Gasteiger charge is -2.23. The van der Waals surface area contributed by atoms with Gasteiger partial charge in [-0.25, -0.2) is 0 Å². The number of hydrogen-bond donors (Lipinski definition) is 3. The van der Waals surface area contributed by atoms with E-state index in [1.807, 2.05) is 85.8 Å². The predicted octanol–water partition coefficient (Wildman–Crippen LogP) is 5.55. The molecular weight excluding hydrogens is 480 g/mol. The third-order valence-corrected chi connectivity index (χ3v) is 6.94. The third-order valence-electron chi connectivity index (χ3n) is 6.51. The van der Waals surface area contributed by atoms with E-state index in [-0.39, 0.29) is 18.2 Å². The summed E-state index contributed by atoms with van der Waals surface area (Å²) in [7, 11) is 0. The SMILES string of the molecule is CC(C[C@H](CC(=O)N[C@@H](Cc1ccccc1)C(=S)NCCCc1ccccc1)C(=O)O)c1ccccc1. The standard InChI is InChI=1S/C31H36N2O3S/c1-23(26-17-9-4-10-18-26)20-27(31(35)36)22-29(34)33-28(21-25-14-7-3-8-15-25)30(37)32-19-11-16-24-12-5-2-6-13-24/h2-10,12-15,17-18,23,27-28H,11,16,19-22H2,1H3,(H,32,37)(H,33,34)(H,35,36)/t23?,27-,28+/m1/s1. The number of amides is 1. The van der Waals surface area contributed by atoms with Gasteiger partial charge in [-0.15, -0.1) is 0 Å². The van der Waals surface area contributed by atoms with Gasteiger partial charge in [0.15, 0.2) is 0 Å². The number of nitrogens with one attached hydrogen (secondary N) is 2. The summed E-state index contributed by atoms with van der Waals surface area (Å²) in [6.45, 7) is 2.69. The van der Waals surface area contributed by atoms with Crippen LogP contribution in [0.15, 0.2) is 91.0 Å². The molecule has 5 nitrogen and oxygen atoms in total. The summed E-state index contributed by atoms with van der Waals surface area (Å²) in [4.78, 5) is 25.6. The van der Waals surface area contributed by atoms with Crippen molar-refractivity contribution in [3.05, 3.63) is 108 Å². The van der Waals surface area contributed by atoms with Crippen molar-refractivity contribution >= 4 is 29.1 Å². The zero-order chi connectivity index (χ0) is 26.5. The maximum absolute atomic E-state index is 13.0. The van der Waals surface area contributed by atoms with E-state index >= 15 is 0 Å². The van der Waals surface area contributed by atoms with Crippen LogP contribution in [0.2, 0.25) is 0 Å². The zero-order valence-corrected chi connectivity index (χ0v) is 22.1. The van der Waals surface area contributed by atoms with Crippen molar-refractivity contribution in [3.8, 4) is 0 Å². The molecule has 0 saturated heterocycles. The number of carbonyl (C=O) groups excluding carboxylic acids is 1. The number of rotatable bonds is 14. The normalized spacial score (nSPS) is 13.2. The van der Waals surface area contributed by atoms with Crippen LogP contribution in [-0.2, 0) is 22.4 Å². The molecule has 3 aromatic carbocycles. The van der Waals surface area contributed by atoms with Gasteiger partial charge in [0, 0.05) is 13.0 Å². The van der Waals surface area contributed by atoms with Gasteiger partial charge in [-0.1, -0.05) is 110 Å². The topological polar surface area (TPSA) is 78.4 Å². The molecule has 1 unspecified atom stereocenters. The summed E-state index contributed by atoms with van der Waals surface area (Å²) >= 11 is 5.68. The summed E-state index contributed by atoms with van der Waals surface area (Å²) in [6.07, 6.45) is 2.68. The van der Waals surface area contributed by atoms with E-state index < -0.39 is 17.9 Å². The molecule has 0 spiro atoms. The minimum Gasteiger partial charge on any atom is -0.481 e. The van der Waals surface area contributed by atoms with Gasteiger partial charge < -0.3 is 15.7 Å². The molecule has 0 aromatic heterocycles. The molecule has 3 atom stereocenters. The molecule has 0 aliphatic rings. The second-order valence-corrected chi connectivity index (χ2v) is 9.92. The third kappa shape index (κ3) is 9.81. The van der Waals surface area contributed by atoms with Crippen molar-refractivity contribution in [2.24, 2.45) is 5.92 Å². The Hall–Kier alpha value is -3.51. The Morgan fingerprint density at radius 3 is 2.03 bits per heavy atom. The number of benzene rings is 3. The second-order valence-electron chi connectivity index (χ2n) is 9.48. The van der Waals surface area contributed by atoms with E-state index in [9.17, 15) is 14.7 Å². The molecule has 3 N–H and O–H groups in total. The summed E-state index contributed by atoms with van der Waals surface area (Å²) in [5.74, 6) is -2.01. The molecule has 0 fully saturated rings. The number of carbonyl (C=O) groups is 2. The lowest BCUT2D eigenvalue weighted by Crippen LogP contribution is -2.48. The van der Waals surface area contributed by atoms with Crippen molar-refractivity contribution in [1.29, 1.82) is 0 Å². The fraction of sp³-hybridized carbons (Fsp3) is 0.323. The van der Waals surface area contributed by atoms with Gasteiger partial charge >= 0.3 is 5.97 Å². The van der Waals surface area contributed by atoms with Gasteiger partial charge in [0.05, 0.1) is 16.9 Å². The molecule has 0 saturated carbocycles. The molecular formula is C31H36N2O3S. The zero-order valence-electron chi connectivity index (χ0n) is 21.3. The largest absolute Gasteiger partial charge is 0.481 e. The smallest absolute Gasteiger partial charge is 0.307 e. The molecule has 37 heavy (non-hydrogen) atoms. The highest BCUT2D eigenvalue weighted by Crippen LogP contribution is 2.25. The lowest BCUT2D eigenvalue weighted by atomic mass is 9.88. The highest BCUT2D eigenvalue weighted by Gasteiger charge is 2.26. The number of thiocarbonyl (C=S) groups is 1. The average Bonchev–Trinajstić information content (AvgIpc) is 2.91. The first-order valence-electron chi connectivity index (χ1n) is 12.8. The number of hydrogen-bond acceptors (Lipinski definition) is 3. The Morgan fingerprint density at radius 1 is 0.865 bits per heavy atom.